The molecule has 2 amide bonds. The minimum atomic E-state index is 0.0924. The van der Waals surface area contributed by atoms with Crippen LogP contribution >= 0.6 is 27.7 Å². The molecule has 0 aliphatic carbocycles. The summed E-state index contributed by atoms with van der Waals surface area (Å²) in [7, 11) is 1.62. The summed E-state index contributed by atoms with van der Waals surface area (Å²) in [5, 5.41) is 0. The summed E-state index contributed by atoms with van der Waals surface area (Å²) in [4.78, 5) is 29.9. The van der Waals surface area contributed by atoms with E-state index in [0.29, 0.717) is 39.0 Å². The molecule has 0 aromatic heterocycles. The van der Waals surface area contributed by atoms with Crippen LogP contribution < -0.4 is 4.74 Å². The molecular weight excluding hydrogens is 452 g/mol. The normalized spacial score (nSPS) is 14.0. The van der Waals surface area contributed by atoms with Gasteiger partial charge < -0.3 is 14.5 Å². The van der Waals surface area contributed by atoms with Crippen LogP contribution in [-0.4, -0.2) is 60.7 Å². The lowest BCUT2D eigenvalue weighted by Crippen LogP contribution is -2.51. The molecule has 0 atom stereocenters. The van der Waals surface area contributed by atoms with Crippen LogP contribution in [0.2, 0.25) is 0 Å². The van der Waals surface area contributed by atoms with E-state index in [1.165, 1.54) is 0 Å². The minimum absolute atomic E-state index is 0.0924. The number of hydrogen-bond donors (Lipinski definition) is 0. The lowest BCUT2D eigenvalue weighted by Gasteiger charge is -2.35. The van der Waals surface area contributed by atoms with Gasteiger partial charge in [-0.1, -0.05) is 24.3 Å². The molecule has 1 fully saturated rings. The number of carbonyl (C=O) groups is 2. The number of methoxy groups -OCH3 is 1. The Morgan fingerprint density at radius 3 is 2.38 bits per heavy atom. The number of ether oxygens (including phenoxy) is 1. The second-order valence-corrected chi connectivity index (χ2v) is 8.81. The second-order valence-electron chi connectivity index (χ2n) is 6.82. The van der Waals surface area contributed by atoms with E-state index in [4.69, 9.17) is 4.74 Å². The van der Waals surface area contributed by atoms with E-state index in [9.17, 15) is 9.59 Å². The van der Waals surface area contributed by atoms with Crippen LogP contribution in [-0.2, 0) is 16.0 Å². The van der Waals surface area contributed by atoms with E-state index >= 15 is 0 Å². The van der Waals surface area contributed by atoms with Gasteiger partial charge in [-0.25, -0.2) is 0 Å². The van der Waals surface area contributed by atoms with Crippen molar-refractivity contribution in [2.24, 2.45) is 0 Å². The molecule has 1 saturated heterocycles. The molecule has 0 unspecified atom stereocenters. The average molecular weight is 477 g/mol. The first kappa shape index (κ1) is 21.7. The molecule has 154 valence electrons. The van der Waals surface area contributed by atoms with Gasteiger partial charge in [0.15, 0.2) is 0 Å². The first-order valence-electron chi connectivity index (χ1n) is 9.62. The van der Waals surface area contributed by atoms with Crippen LogP contribution in [0, 0.1) is 0 Å². The van der Waals surface area contributed by atoms with Crippen molar-refractivity contribution in [1.29, 1.82) is 0 Å². The average Bonchev–Trinajstić information content (AvgIpc) is 2.75. The smallest absolute Gasteiger partial charge is 0.227 e. The number of thioether (sulfide) groups is 1. The van der Waals surface area contributed by atoms with Crippen molar-refractivity contribution < 1.29 is 14.3 Å². The molecule has 0 bridgehead atoms. The topological polar surface area (TPSA) is 49.9 Å². The Morgan fingerprint density at radius 2 is 1.69 bits per heavy atom. The number of piperazine rings is 1. The van der Waals surface area contributed by atoms with Gasteiger partial charge in [-0.15, -0.1) is 11.8 Å². The lowest BCUT2D eigenvalue weighted by atomic mass is 10.1. The third kappa shape index (κ3) is 6.24. The molecular formula is C22H25BrN2O3S. The van der Waals surface area contributed by atoms with Crippen molar-refractivity contribution in [1.82, 2.24) is 9.80 Å². The zero-order valence-corrected chi connectivity index (χ0v) is 18.9. The van der Waals surface area contributed by atoms with Crippen LogP contribution in [0.1, 0.15) is 12.0 Å². The maximum absolute atomic E-state index is 12.6. The van der Waals surface area contributed by atoms with Crippen molar-refractivity contribution in [3.05, 3.63) is 58.6 Å². The van der Waals surface area contributed by atoms with E-state index < -0.39 is 0 Å². The van der Waals surface area contributed by atoms with Gasteiger partial charge in [-0.05, 0) is 45.8 Å². The van der Waals surface area contributed by atoms with Gasteiger partial charge in [0.1, 0.15) is 5.75 Å². The first-order valence-corrected chi connectivity index (χ1v) is 11.4. The number of nitrogens with zero attached hydrogens (tertiary/aromatic N) is 2. The highest BCUT2D eigenvalue weighted by Crippen LogP contribution is 2.27. The molecule has 2 aromatic carbocycles. The van der Waals surface area contributed by atoms with Crippen molar-refractivity contribution in [3.63, 3.8) is 0 Å². The van der Waals surface area contributed by atoms with Crippen LogP contribution in [0.15, 0.2) is 57.9 Å². The summed E-state index contributed by atoms with van der Waals surface area (Å²) >= 11 is 5.21. The van der Waals surface area contributed by atoms with Crippen LogP contribution in [0.4, 0.5) is 0 Å². The predicted octanol–water partition coefficient (Wildman–Crippen LogP) is 3.85. The maximum Gasteiger partial charge on any atom is 0.227 e. The van der Waals surface area contributed by atoms with Gasteiger partial charge in [0.2, 0.25) is 11.8 Å². The summed E-state index contributed by atoms with van der Waals surface area (Å²) in [6, 6.07) is 15.6. The number of halogens is 1. The molecule has 2 aromatic rings. The summed E-state index contributed by atoms with van der Waals surface area (Å²) < 4.78 is 6.27. The summed E-state index contributed by atoms with van der Waals surface area (Å²) in [6.45, 7) is 2.38. The fraction of sp³-hybridized carbons (Fsp3) is 0.364. The summed E-state index contributed by atoms with van der Waals surface area (Å²) in [6.07, 6.45) is 0.859. The van der Waals surface area contributed by atoms with Crippen LogP contribution in [0.3, 0.4) is 0 Å². The molecule has 1 heterocycles. The molecule has 3 rings (SSSR count). The Hall–Kier alpha value is -1.99. The zero-order valence-electron chi connectivity index (χ0n) is 16.5. The Morgan fingerprint density at radius 1 is 1.00 bits per heavy atom. The number of rotatable bonds is 7. The van der Waals surface area contributed by atoms with Gasteiger partial charge in [0.25, 0.3) is 0 Å². The van der Waals surface area contributed by atoms with Gasteiger partial charge in [0.05, 0.1) is 13.5 Å². The van der Waals surface area contributed by atoms with Gasteiger partial charge in [-0.3, -0.25) is 9.59 Å². The highest BCUT2D eigenvalue weighted by Gasteiger charge is 2.24. The Balaban J connectivity index is 1.41. The predicted molar refractivity (Wildman–Crippen MR) is 119 cm³/mol. The van der Waals surface area contributed by atoms with Crippen molar-refractivity contribution >= 4 is 39.5 Å². The van der Waals surface area contributed by atoms with Crippen LogP contribution in [0.25, 0.3) is 0 Å². The largest absolute Gasteiger partial charge is 0.497 e. The summed E-state index contributed by atoms with van der Waals surface area (Å²) in [5.74, 6) is 1.75. The Bertz CT molecular complexity index is 853. The van der Waals surface area contributed by atoms with E-state index in [2.05, 4.69) is 15.9 Å². The van der Waals surface area contributed by atoms with Crippen molar-refractivity contribution in [2.75, 3.05) is 39.0 Å². The molecule has 7 heteroatoms. The van der Waals surface area contributed by atoms with Crippen molar-refractivity contribution in [2.45, 2.75) is 17.7 Å². The number of amides is 2. The molecule has 1 aliphatic heterocycles. The zero-order chi connectivity index (χ0) is 20.6. The first-order chi connectivity index (χ1) is 14.1. The monoisotopic (exact) mass is 476 g/mol. The molecule has 1 aliphatic rings. The minimum Gasteiger partial charge on any atom is -0.497 e. The third-order valence-corrected chi connectivity index (χ3v) is 6.91. The Labute approximate surface area is 184 Å². The van der Waals surface area contributed by atoms with Crippen LogP contribution in [0.5, 0.6) is 5.75 Å². The number of hydrogen-bond acceptors (Lipinski definition) is 4. The molecule has 0 spiro atoms. The third-order valence-electron chi connectivity index (χ3n) is 4.88. The quantitative estimate of drug-likeness (QED) is 0.569. The second kappa shape index (κ2) is 10.7. The van der Waals surface area contributed by atoms with E-state index in [0.717, 1.165) is 26.4 Å². The fourth-order valence-corrected chi connectivity index (χ4v) is 4.75. The standard InChI is InChI=1S/C22H25BrN2O3S/c1-28-18-6-4-5-17(15-18)16-22(27)25-12-10-24(11-13-25)21(26)9-14-29-20-8-3-2-7-19(20)23/h2-8,15H,9-14,16H2,1H3. The molecule has 29 heavy (non-hydrogen) atoms. The van der Waals surface area contributed by atoms with Gasteiger partial charge >= 0.3 is 0 Å². The maximum atomic E-state index is 12.6. The van der Waals surface area contributed by atoms with Gasteiger partial charge in [0, 0.05) is 47.7 Å². The van der Waals surface area contributed by atoms with Gasteiger partial charge in [-0.2, -0.15) is 0 Å². The fourth-order valence-electron chi connectivity index (χ4n) is 3.24. The molecule has 0 N–H and O–H groups in total. The SMILES string of the molecule is COc1cccc(CC(=O)N2CCN(C(=O)CCSc3ccccc3Br)CC2)c1. The summed E-state index contributed by atoms with van der Waals surface area (Å²) in [5.41, 5.74) is 0.942. The molecule has 5 nitrogen and oxygen atoms in total. The highest BCUT2D eigenvalue weighted by atomic mass is 79.9. The van der Waals surface area contributed by atoms with E-state index in [1.807, 2.05) is 58.3 Å². The Kier molecular flexibility index (Phi) is 8.00. The molecule has 0 radical (unpaired) electrons. The molecule has 0 saturated carbocycles. The lowest BCUT2D eigenvalue weighted by molar-refractivity contribution is -0.138. The number of carbonyl (C=O) groups excluding carboxylic acids is 2. The van der Waals surface area contributed by atoms with E-state index in [1.54, 1.807) is 18.9 Å². The highest BCUT2D eigenvalue weighted by molar-refractivity contribution is 9.10. The number of benzene rings is 2. The van der Waals surface area contributed by atoms with Crippen molar-refractivity contribution in [3.8, 4) is 5.75 Å². The van der Waals surface area contributed by atoms with E-state index in [-0.39, 0.29) is 11.8 Å².